The van der Waals surface area contributed by atoms with Crippen LogP contribution in [0.3, 0.4) is 0 Å². The minimum Gasteiger partial charge on any atom is -0.481 e. The van der Waals surface area contributed by atoms with Crippen LogP contribution in [0, 0.1) is 13.8 Å². The number of benzene rings is 2. The summed E-state index contributed by atoms with van der Waals surface area (Å²) >= 11 is 0. The zero-order valence-electron chi connectivity index (χ0n) is 17.7. The van der Waals surface area contributed by atoms with E-state index < -0.39 is 17.9 Å². The third-order valence-electron chi connectivity index (χ3n) is 4.69. The first-order chi connectivity index (χ1) is 14.9. The molecule has 8 nitrogen and oxygen atoms in total. The van der Waals surface area contributed by atoms with Crippen LogP contribution in [0.25, 0.3) is 6.08 Å². The van der Waals surface area contributed by atoms with Gasteiger partial charge in [-0.05, 0) is 49.6 Å². The van der Waals surface area contributed by atoms with Crippen LogP contribution in [0.5, 0.6) is 5.75 Å². The Bertz CT molecular complexity index is 1080. The number of nitrogens with one attached hydrogen (secondary N) is 2. The standard InChI is InChI=1S/C23H25N5O3/c1-16-8-7-11-21(17(16)2)31-18(3)23(30)26-25-22(29)13-12-20-15-28(27-24-20)14-19-9-5-4-6-10-19/h4-13,15,18H,14H2,1-3H3,(H,25,29)(H,26,30)/b13-12+/t18-/m0/s1. The van der Waals surface area contributed by atoms with Gasteiger partial charge in [-0.3, -0.25) is 20.4 Å². The van der Waals surface area contributed by atoms with Crippen molar-refractivity contribution in [2.75, 3.05) is 0 Å². The molecule has 0 saturated heterocycles. The number of ether oxygens (including phenoxy) is 1. The van der Waals surface area contributed by atoms with E-state index in [0.717, 1.165) is 16.7 Å². The second kappa shape index (κ2) is 10.2. The van der Waals surface area contributed by atoms with E-state index in [2.05, 4.69) is 21.2 Å². The lowest BCUT2D eigenvalue weighted by Gasteiger charge is -2.17. The van der Waals surface area contributed by atoms with Crippen LogP contribution in [-0.4, -0.2) is 32.9 Å². The van der Waals surface area contributed by atoms with Crippen LogP contribution in [0.4, 0.5) is 0 Å². The van der Waals surface area contributed by atoms with Gasteiger partial charge in [0.1, 0.15) is 11.4 Å². The highest BCUT2D eigenvalue weighted by atomic mass is 16.5. The highest BCUT2D eigenvalue weighted by molar-refractivity contribution is 5.93. The Balaban J connectivity index is 1.46. The molecular weight excluding hydrogens is 394 g/mol. The molecule has 0 radical (unpaired) electrons. The fourth-order valence-electron chi connectivity index (χ4n) is 2.76. The van der Waals surface area contributed by atoms with Crippen LogP contribution in [0.15, 0.2) is 60.8 Å². The number of nitrogens with zero attached hydrogens (tertiary/aromatic N) is 3. The molecule has 2 amide bonds. The number of carbonyl (C=O) groups excluding carboxylic acids is 2. The number of rotatable bonds is 7. The molecule has 1 heterocycles. The quantitative estimate of drug-likeness (QED) is 0.453. The smallest absolute Gasteiger partial charge is 0.279 e. The first-order valence-electron chi connectivity index (χ1n) is 9.87. The van der Waals surface area contributed by atoms with Crippen molar-refractivity contribution in [3.8, 4) is 5.75 Å². The Labute approximate surface area is 180 Å². The summed E-state index contributed by atoms with van der Waals surface area (Å²) in [6, 6.07) is 15.5. The predicted molar refractivity (Wildman–Crippen MR) is 117 cm³/mol. The first-order valence-corrected chi connectivity index (χ1v) is 9.87. The van der Waals surface area contributed by atoms with Crippen molar-refractivity contribution < 1.29 is 14.3 Å². The van der Waals surface area contributed by atoms with E-state index in [1.54, 1.807) is 23.9 Å². The van der Waals surface area contributed by atoms with Gasteiger partial charge in [-0.15, -0.1) is 5.10 Å². The molecule has 8 heteroatoms. The third kappa shape index (κ3) is 6.27. The minimum atomic E-state index is -0.775. The molecule has 1 atom stereocenters. The summed E-state index contributed by atoms with van der Waals surface area (Å²) in [4.78, 5) is 24.2. The van der Waals surface area contributed by atoms with Gasteiger partial charge in [-0.1, -0.05) is 47.7 Å². The molecule has 31 heavy (non-hydrogen) atoms. The normalized spacial score (nSPS) is 11.8. The summed E-state index contributed by atoms with van der Waals surface area (Å²) in [6.07, 6.45) is 3.75. The average molecular weight is 419 g/mol. The molecule has 0 bridgehead atoms. The summed E-state index contributed by atoms with van der Waals surface area (Å²) in [6.45, 7) is 6.10. The van der Waals surface area contributed by atoms with Gasteiger partial charge in [-0.2, -0.15) is 0 Å². The van der Waals surface area contributed by atoms with Gasteiger partial charge in [0.25, 0.3) is 11.8 Å². The van der Waals surface area contributed by atoms with Crippen LogP contribution < -0.4 is 15.6 Å². The van der Waals surface area contributed by atoms with Crippen molar-refractivity contribution >= 4 is 17.9 Å². The van der Waals surface area contributed by atoms with E-state index in [-0.39, 0.29) is 0 Å². The fraction of sp³-hybridized carbons (Fsp3) is 0.217. The average Bonchev–Trinajstić information content (AvgIpc) is 3.21. The van der Waals surface area contributed by atoms with E-state index in [0.29, 0.717) is 18.0 Å². The largest absolute Gasteiger partial charge is 0.481 e. The molecule has 0 fully saturated rings. The van der Waals surface area contributed by atoms with E-state index in [9.17, 15) is 9.59 Å². The van der Waals surface area contributed by atoms with Gasteiger partial charge in [0.2, 0.25) is 0 Å². The maximum atomic E-state index is 12.2. The fourth-order valence-corrected chi connectivity index (χ4v) is 2.76. The number of amides is 2. The molecule has 0 aliphatic rings. The van der Waals surface area contributed by atoms with Gasteiger partial charge in [0.05, 0.1) is 12.7 Å². The number of aromatic nitrogens is 3. The topological polar surface area (TPSA) is 98.1 Å². The molecule has 0 saturated carbocycles. The molecule has 3 rings (SSSR count). The lowest BCUT2D eigenvalue weighted by atomic mass is 10.1. The third-order valence-corrected chi connectivity index (χ3v) is 4.69. The maximum absolute atomic E-state index is 12.2. The summed E-state index contributed by atoms with van der Waals surface area (Å²) < 4.78 is 7.38. The van der Waals surface area contributed by atoms with E-state index in [1.165, 1.54) is 12.2 Å². The maximum Gasteiger partial charge on any atom is 0.279 e. The Hall–Kier alpha value is -3.94. The molecule has 2 N–H and O–H groups in total. The lowest BCUT2D eigenvalue weighted by molar-refractivity contribution is -0.131. The molecule has 2 aromatic carbocycles. The Morgan fingerprint density at radius 1 is 1.10 bits per heavy atom. The van der Waals surface area contributed by atoms with Gasteiger partial charge >= 0.3 is 0 Å². The molecule has 0 unspecified atom stereocenters. The number of aryl methyl sites for hydroxylation is 1. The summed E-state index contributed by atoms with van der Waals surface area (Å²) in [7, 11) is 0. The molecule has 3 aromatic rings. The number of hydrogen-bond donors (Lipinski definition) is 2. The molecule has 1 aromatic heterocycles. The van der Waals surface area contributed by atoms with Gasteiger partial charge < -0.3 is 4.74 Å². The van der Waals surface area contributed by atoms with Crippen LogP contribution in [0.2, 0.25) is 0 Å². The molecule has 160 valence electrons. The number of hydrogen-bond acceptors (Lipinski definition) is 5. The van der Waals surface area contributed by atoms with E-state index >= 15 is 0 Å². The van der Waals surface area contributed by atoms with Crippen LogP contribution in [0.1, 0.15) is 29.3 Å². The minimum absolute atomic E-state index is 0.462. The Kier molecular flexibility index (Phi) is 7.16. The second-order valence-corrected chi connectivity index (χ2v) is 7.10. The lowest BCUT2D eigenvalue weighted by Crippen LogP contribution is -2.46. The monoisotopic (exact) mass is 419 g/mol. The zero-order valence-corrected chi connectivity index (χ0v) is 17.7. The van der Waals surface area contributed by atoms with Crippen molar-refractivity contribution in [3.63, 3.8) is 0 Å². The van der Waals surface area contributed by atoms with Gasteiger partial charge in [-0.25, -0.2) is 4.68 Å². The second-order valence-electron chi connectivity index (χ2n) is 7.10. The van der Waals surface area contributed by atoms with Crippen molar-refractivity contribution in [1.29, 1.82) is 0 Å². The highest BCUT2D eigenvalue weighted by Gasteiger charge is 2.16. The van der Waals surface area contributed by atoms with Crippen LogP contribution >= 0.6 is 0 Å². The SMILES string of the molecule is Cc1cccc(O[C@@H](C)C(=O)NNC(=O)/C=C/c2cn(Cc3ccccc3)nn2)c1C. The Morgan fingerprint density at radius 3 is 2.65 bits per heavy atom. The van der Waals surface area contributed by atoms with Crippen molar-refractivity contribution in [1.82, 2.24) is 25.8 Å². The summed E-state index contributed by atoms with van der Waals surface area (Å²) in [5, 5.41) is 8.05. The van der Waals surface area contributed by atoms with Gasteiger partial charge in [0, 0.05) is 6.08 Å². The van der Waals surface area contributed by atoms with Crippen molar-refractivity contribution in [2.45, 2.75) is 33.4 Å². The summed E-state index contributed by atoms with van der Waals surface area (Å²) in [5.74, 6) is -0.325. The van der Waals surface area contributed by atoms with E-state index in [1.807, 2.05) is 56.3 Å². The molecule has 0 spiro atoms. The van der Waals surface area contributed by atoms with Gasteiger partial charge in [0.15, 0.2) is 6.10 Å². The molecule has 0 aliphatic carbocycles. The number of hydrazine groups is 1. The predicted octanol–water partition coefficient (Wildman–Crippen LogP) is 2.57. The molecular formula is C23H25N5O3. The molecule has 0 aliphatic heterocycles. The van der Waals surface area contributed by atoms with Crippen molar-refractivity contribution in [2.24, 2.45) is 0 Å². The van der Waals surface area contributed by atoms with E-state index in [4.69, 9.17) is 4.74 Å². The zero-order chi connectivity index (χ0) is 22.2. The van der Waals surface area contributed by atoms with Crippen molar-refractivity contribution in [3.05, 3.63) is 83.2 Å². The highest BCUT2D eigenvalue weighted by Crippen LogP contribution is 2.21. The number of carbonyl (C=O) groups is 2. The Morgan fingerprint density at radius 2 is 1.87 bits per heavy atom. The first kappa shape index (κ1) is 21.8. The summed E-state index contributed by atoms with van der Waals surface area (Å²) in [5.41, 5.74) is 8.36. The van der Waals surface area contributed by atoms with Crippen LogP contribution in [-0.2, 0) is 16.1 Å².